The zero-order valence-electron chi connectivity index (χ0n) is 11.3. The van der Waals surface area contributed by atoms with Gasteiger partial charge in [-0.15, -0.1) is 11.3 Å². The summed E-state index contributed by atoms with van der Waals surface area (Å²) in [6.07, 6.45) is 4.19. The van der Waals surface area contributed by atoms with Gasteiger partial charge in [0.05, 0.1) is 6.04 Å². The number of nitrogens with one attached hydrogen (secondary N) is 2. The van der Waals surface area contributed by atoms with Gasteiger partial charge in [0.25, 0.3) is 0 Å². The average molecular weight is 265 g/mol. The van der Waals surface area contributed by atoms with Crippen molar-refractivity contribution in [3.8, 4) is 0 Å². The fraction of sp³-hybridized carbons (Fsp3) is 0.786. The van der Waals surface area contributed by atoms with E-state index in [4.69, 9.17) is 0 Å². The number of hydrogen-bond acceptors (Lipinski definition) is 4. The number of aromatic nitrogens is 1. The topological polar surface area (TPSA) is 37.0 Å². The van der Waals surface area contributed by atoms with Gasteiger partial charge in [0.2, 0.25) is 0 Å². The highest BCUT2D eigenvalue weighted by molar-refractivity contribution is 7.09. The van der Waals surface area contributed by atoms with Gasteiger partial charge in [0.1, 0.15) is 5.01 Å². The monoisotopic (exact) mass is 265 g/mol. The molecule has 0 bridgehead atoms. The van der Waals surface area contributed by atoms with Gasteiger partial charge >= 0.3 is 0 Å². The van der Waals surface area contributed by atoms with Crippen LogP contribution in [-0.2, 0) is 0 Å². The number of hydrogen-bond donors (Lipinski definition) is 2. The first-order valence-electron chi connectivity index (χ1n) is 7.06. The summed E-state index contributed by atoms with van der Waals surface area (Å²) >= 11 is 1.77. The molecule has 3 nitrogen and oxygen atoms in total. The molecule has 2 unspecified atom stereocenters. The maximum Gasteiger partial charge on any atom is 0.110 e. The van der Waals surface area contributed by atoms with E-state index < -0.39 is 0 Å². The summed E-state index contributed by atoms with van der Waals surface area (Å²) in [7, 11) is 0. The van der Waals surface area contributed by atoms with Crippen LogP contribution in [0.1, 0.15) is 42.9 Å². The van der Waals surface area contributed by atoms with E-state index in [9.17, 15) is 0 Å². The molecule has 1 aliphatic heterocycles. The van der Waals surface area contributed by atoms with Gasteiger partial charge in [-0.2, -0.15) is 0 Å². The van der Waals surface area contributed by atoms with Gasteiger partial charge in [0, 0.05) is 11.1 Å². The summed E-state index contributed by atoms with van der Waals surface area (Å²) in [5.41, 5.74) is 1.83. The molecule has 0 aromatic carbocycles. The molecule has 2 aliphatic rings. The Kier molecular flexibility index (Phi) is 3.43. The van der Waals surface area contributed by atoms with Crippen LogP contribution in [0.2, 0.25) is 0 Å². The Morgan fingerprint density at radius 2 is 2.33 bits per heavy atom. The third-order valence-corrected chi connectivity index (χ3v) is 5.78. The first-order chi connectivity index (χ1) is 8.70. The maximum atomic E-state index is 4.56. The maximum absolute atomic E-state index is 4.56. The summed E-state index contributed by atoms with van der Waals surface area (Å²) in [6.45, 7) is 7.91. The van der Waals surface area contributed by atoms with E-state index in [0.717, 1.165) is 11.6 Å². The molecule has 1 aromatic rings. The Morgan fingerprint density at radius 1 is 1.56 bits per heavy atom. The Balaban J connectivity index is 1.48. The predicted molar refractivity (Wildman–Crippen MR) is 75.9 cm³/mol. The molecule has 1 aromatic heterocycles. The highest BCUT2D eigenvalue weighted by Gasteiger charge is 2.53. The molecule has 100 valence electrons. The van der Waals surface area contributed by atoms with Crippen molar-refractivity contribution in [3.05, 3.63) is 16.1 Å². The van der Waals surface area contributed by atoms with Gasteiger partial charge in [-0.3, -0.25) is 0 Å². The summed E-state index contributed by atoms with van der Waals surface area (Å²) in [5.74, 6) is 0.906. The highest BCUT2D eigenvalue weighted by atomic mass is 32.1. The lowest BCUT2D eigenvalue weighted by Gasteiger charge is -2.24. The van der Waals surface area contributed by atoms with E-state index in [-0.39, 0.29) is 0 Å². The van der Waals surface area contributed by atoms with E-state index >= 15 is 0 Å². The van der Waals surface area contributed by atoms with Crippen LogP contribution in [0.5, 0.6) is 0 Å². The van der Waals surface area contributed by atoms with E-state index in [0.29, 0.717) is 11.5 Å². The lowest BCUT2D eigenvalue weighted by Crippen LogP contribution is -2.31. The number of rotatable bonds is 4. The molecular formula is C14H23N3S. The first-order valence-corrected chi connectivity index (χ1v) is 7.94. The van der Waals surface area contributed by atoms with Crippen LogP contribution >= 0.6 is 11.3 Å². The Hall–Kier alpha value is -0.450. The summed E-state index contributed by atoms with van der Waals surface area (Å²) in [4.78, 5) is 4.56. The SMILES string of the molecule is Cc1csc(C(C)NCC2CC23CCNCC3)n1. The molecule has 3 rings (SSSR count). The standard InChI is InChI=1S/C14H23N3S/c1-10-9-18-13(17-10)11(2)16-8-12-7-14(12)3-5-15-6-4-14/h9,11-12,15-16H,3-8H2,1-2H3. The summed E-state index contributed by atoms with van der Waals surface area (Å²) in [5, 5.41) is 10.5. The molecule has 2 fully saturated rings. The van der Waals surface area contributed by atoms with E-state index in [1.807, 2.05) is 0 Å². The second-order valence-corrected chi connectivity index (χ2v) is 6.86. The van der Waals surface area contributed by atoms with E-state index in [1.165, 1.54) is 43.9 Å². The number of piperidine rings is 1. The average Bonchev–Trinajstić information content (AvgIpc) is 2.83. The highest BCUT2D eigenvalue weighted by Crippen LogP contribution is 2.58. The molecule has 0 radical (unpaired) electrons. The molecular weight excluding hydrogens is 242 g/mol. The minimum absolute atomic E-state index is 0.406. The first kappa shape index (κ1) is 12.6. The second-order valence-electron chi connectivity index (χ2n) is 5.97. The molecule has 2 atom stereocenters. The molecule has 18 heavy (non-hydrogen) atoms. The quantitative estimate of drug-likeness (QED) is 0.878. The van der Waals surface area contributed by atoms with Crippen LogP contribution in [-0.4, -0.2) is 24.6 Å². The lowest BCUT2D eigenvalue weighted by atomic mass is 9.92. The van der Waals surface area contributed by atoms with Crippen LogP contribution in [0.4, 0.5) is 0 Å². The largest absolute Gasteiger partial charge is 0.317 e. The van der Waals surface area contributed by atoms with Crippen molar-refractivity contribution in [1.29, 1.82) is 0 Å². The van der Waals surface area contributed by atoms with Gasteiger partial charge in [-0.05, 0) is 64.1 Å². The minimum atomic E-state index is 0.406. The van der Waals surface area contributed by atoms with Crippen LogP contribution in [0.25, 0.3) is 0 Å². The third kappa shape index (κ3) is 2.46. The van der Waals surface area contributed by atoms with Crippen molar-refractivity contribution in [2.45, 2.75) is 39.2 Å². The molecule has 1 saturated heterocycles. The minimum Gasteiger partial charge on any atom is -0.317 e. The zero-order valence-corrected chi connectivity index (χ0v) is 12.1. The molecule has 2 N–H and O–H groups in total. The van der Waals surface area contributed by atoms with E-state index in [2.05, 4.69) is 34.8 Å². The predicted octanol–water partition coefficient (Wildman–Crippen LogP) is 2.49. The molecule has 0 amide bonds. The number of thiazole rings is 1. The normalized spacial score (nSPS) is 27.3. The van der Waals surface area contributed by atoms with Gasteiger partial charge in [-0.25, -0.2) is 4.98 Å². The molecule has 1 saturated carbocycles. The lowest BCUT2D eigenvalue weighted by molar-refractivity contribution is 0.316. The van der Waals surface area contributed by atoms with Crippen molar-refractivity contribution >= 4 is 11.3 Å². The van der Waals surface area contributed by atoms with Crippen molar-refractivity contribution in [1.82, 2.24) is 15.6 Å². The molecule has 1 spiro atoms. The summed E-state index contributed by atoms with van der Waals surface area (Å²) < 4.78 is 0. The number of aryl methyl sites for hydroxylation is 1. The second kappa shape index (κ2) is 4.91. The van der Waals surface area contributed by atoms with Crippen molar-refractivity contribution < 1.29 is 0 Å². The van der Waals surface area contributed by atoms with E-state index in [1.54, 1.807) is 11.3 Å². The van der Waals surface area contributed by atoms with Crippen molar-refractivity contribution in [2.75, 3.05) is 19.6 Å². The van der Waals surface area contributed by atoms with Crippen molar-refractivity contribution in [2.24, 2.45) is 11.3 Å². The zero-order chi connectivity index (χ0) is 12.6. The van der Waals surface area contributed by atoms with Crippen LogP contribution in [0, 0.1) is 18.3 Å². The third-order valence-electron chi connectivity index (χ3n) is 4.64. The van der Waals surface area contributed by atoms with Crippen LogP contribution in [0.3, 0.4) is 0 Å². The Morgan fingerprint density at radius 3 is 3.00 bits per heavy atom. The number of nitrogens with zero attached hydrogens (tertiary/aromatic N) is 1. The smallest absolute Gasteiger partial charge is 0.110 e. The summed E-state index contributed by atoms with van der Waals surface area (Å²) in [6, 6.07) is 0.406. The van der Waals surface area contributed by atoms with Crippen LogP contribution < -0.4 is 10.6 Å². The molecule has 4 heteroatoms. The Labute approximate surface area is 113 Å². The fourth-order valence-electron chi connectivity index (χ4n) is 3.23. The van der Waals surface area contributed by atoms with Crippen LogP contribution in [0.15, 0.2) is 5.38 Å². The Bertz CT molecular complexity index is 409. The van der Waals surface area contributed by atoms with Gasteiger partial charge in [-0.1, -0.05) is 0 Å². The van der Waals surface area contributed by atoms with Gasteiger partial charge < -0.3 is 10.6 Å². The van der Waals surface area contributed by atoms with Crippen molar-refractivity contribution in [3.63, 3.8) is 0 Å². The molecule has 2 heterocycles. The fourth-order valence-corrected chi connectivity index (χ4v) is 4.06. The molecule has 1 aliphatic carbocycles. The van der Waals surface area contributed by atoms with Gasteiger partial charge in [0.15, 0.2) is 0 Å².